The molecule has 0 bridgehead atoms. The maximum Gasteiger partial charge on any atom is 0.317 e. The number of methoxy groups -OCH3 is 1. The number of nitrogens with zero attached hydrogens (tertiary/aromatic N) is 4. The van der Waals surface area contributed by atoms with Crippen LogP contribution in [0.15, 0.2) is 42.9 Å². The van der Waals surface area contributed by atoms with Crippen molar-refractivity contribution in [2.24, 2.45) is 0 Å². The predicted octanol–water partition coefficient (Wildman–Crippen LogP) is 3.86. The minimum atomic E-state index is -0.304. The first-order valence-electron chi connectivity index (χ1n) is 9.95. The van der Waals surface area contributed by atoms with E-state index in [2.05, 4.69) is 19.5 Å². The van der Waals surface area contributed by atoms with Gasteiger partial charge in [-0.3, -0.25) is 4.79 Å². The van der Waals surface area contributed by atoms with Crippen LogP contribution >= 0.6 is 0 Å². The second kappa shape index (κ2) is 9.13. The lowest BCUT2D eigenvalue weighted by Crippen LogP contribution is -2.18. The van der Waals surface area contributed by atoms with Gasteiger partial charge in [0.2, 0.25) is 0 Å². The number of carbonyl (C=O) groups is 1. The van der Waals surface area contributed by atoms with Gasteiger partial charge in [-0.15, -0.1) is 0 Å². The van der Waals surface area contributed by atoms with Crippen molar-refractivity contribution in [3.05, 3.63) is 48.7 Å². The van der Waals surface area contributed by atoms with Crippen LogP contribution in [-0.2, 0) is 9.53 Å². The number of rotatable bonds is 7. The summed E-state index contributed by atoms with van der Waals surface area (Å²) in [6.45, 7) is 0.775. The smallest absolute Gasteiger partial charge is 0.317 e. The molecule has 0 aliphatic heterocycles. The summed E-state index contributed by atoms with van der Waals surface area (Å²) in [5.74, 6) is -0.0103. The maximum atomic E-state index is 13.5. The topological polar surface area (TPSA) is 79.1 Å². The van der Waals surface area contributed by atoms with Crippen LogP contribution < -0.4 is 4.74 Å². The van der Waals surface area contributed by atoms with E-state index in [0.717, 1.165) is 24.1 Å². The lowest BCUT2D eigenvalue weighted by atomic mass is 9.93. The van der Waals surface area contributed by atoms with E-state index in [1.807, 2.05) is 0 Å². The fraction of sp³-hybridized carbons (Fsp3) is 0.364. The van der Waals surface area contributed by atoms with Crippen LogP contribution in [0.5, 0.6) is 6.01 Å². The Kier molecular flexibility index (Phi) is 6.13. The Morgan fingerprint density at radius 1 is 1.10 bits per heavy atom. The molecule has 1 aliphatic rings. The number of ketones is 1. The van der Waals surface area contributed by atoms with Gasteiger partial charge in [0.1, 0.15) is 18.2 Å². The summed E-state index contributed by atoms with van der Waals surface area (Å²) in [6, 6.07) is 8.43. The molecule has 0 atom stereocenters. The molecule has 0 unspecified atom stereocenters. The van der Waals surface area contributed by atoms with Gasteiger partial charge in [0, 0.05) is 37.8 Å². The van der Waals surface area contributed by atoms with Crippen LogP contribution in [-0.4, -0.2) is 45.6 Å². The van der Waals surface area contributed by atoms with Crippen molar-refractivity contribution in [1.82, 2.24) is 19.5 Å². The van der Waals surface area contributed by atoms with E-state index >= 15 is 0 Å². The van der Waals surface area contributed by atoms with E-state index in [0.29, 0.717) is 43.2 Å². The molecule has 3 aromatic rings. The average Bonchev–Trinajstić information content (AvgIpc) is 3.20. The first-order chi connectivity index (χ1) is 14.7. The molecule has 2 aromatic heterocycles. The molecule has 0 N–H and O–H groups in total. The summed E-state index contributed by atoms with van der Waals surface area (Å²) in [6.07, 6.45) is 6.05. The predicted molar refractivity (Wildman–Crippen MR) is 109 cm³/mol. The molecule has 7 nitrogen and oxygen atoms in total. The van der Waals surface area contributed by atoms with Crippen molar-refractivity contribution < 1.29 is 18.7 Å². The second-order valence-corrected chi connectivity index (χ2v) is 7.19. The lowest BCUT2D eigenvalue weighted by Gasteiger charge is -2.24. The van der Waals surface area contributed by atoms with Crippen molar-refractivity contribution in [2.75, 3.05) is 20.3 Å². The number of carbonyl (C=O) groups excluding carboxylic acids is 1. The Labute approximate surface area is 173 Å². The zero-order valence-corrected chi connectivity index (χ0v) is 16.8. The third-order valence-electron chi connectivity index (χ3n) is 5.21. The van der Waals surface area contributed by atoms with Crippen LogP contribution in [0.25, 0.3) is 22.6 Å². The third kappa shape index (κ3) is 4.38. The number of hydrogen-bond acceptors (Lipinski definition) is 6. The van der Waals surface area contributed by atoms with Crippen molar-refractivity contribution in [2.45, 2.75) is 31.7 Å². The van der Waals surface area contributed by atoms with E-state index in [9.17, 15) is 9.18 Å². The Morgan fingerprint density at radius 3 is 2.60 bits per heavy atom. The van der Waals surface area contributed by atoms with Gasteiger partial charge in [0.05, 0.1) is 30.0 Å². The molecule has 0 saturated heterocycles. The van der Waals surface area contributed by atoms with Gasteiger partial charge in [-0.25, -0.2) is 14.4 Å². The van der Waals surface area contributed by atoms with E-state index in [1.165, 1.54) is 12.1 Å². The normalized spacial score (nSPS) is 14.8. The Balaban J connectivity index is 1.75. The number of ether oxygens (including phenoxy) is 2. The third-order valence-corrected chi connectivity index (χ3v) is 5.21. The van der Waals surface area contributed by atoms with Crippen LogP contribution in [0, 0.1) is 5.82 Å². The highest BCUT2D eigenvalue weighted by molar-refractivity contribution is 5.80. The molecule has 0 spiro atoms. The molecule has 30 heavy (non-hydrogen) atoms. The number of Topliss-reactive ketones (excluding diaryl/α,β-unsaturated/α-hetero) is 1. The fourth-order valence-corrected chi connectivity index (χ4v) is 3.67. The minimum absolute atomic E-state index is 0.146. The molecular weight excluding hydrogens is 387 g/mol. The summed E-state index contributed by atoms with van der Waals surface area (Å²) >= 11 is 0. The van der Waals surface area contributed by atoms with Crippen molar-refractivity contribution in [1.29, 1.82) is 0 Å². The van der Waals surface area contributed by atoms with Gasteiger partial charge in [-0.05, 0) is 43.2 Å². The quantitative estimate of drug-likeness (QED) is 0.551. The van der Waals surface area contributed by atoms with E-state index in [1.54, 1.807) is 37.8 Å². The number of imidazole rings is 1. The molecule has 8 heteroatoms. The van der Waals surface area contributed by atoms with Gasteiger partial charge >= 0.3 is 6.01 Å². The molecular formula is C22H23FN4O3. The average molecular weight is 410 g/mol. The maximum absolute atomic E-state index is 13.5. The molecule has 1 aliphatic carbocycles. The first-order valence-corrected chi connectivity index (χ1v) is 9.95. The lowest BCUT2D eigenvalue weighted by molar-refractivity contribution is -0.120. The standard InChI is InChI=1S/C22H23FN4O3/c1-29-12-13-30-22-24-11-10-19(26-22)21-20(15-2-4-16(23)5-3-15)25-14-27(21)17-6-8-18(28)9-7-17/h2-5,10-11,14,17H,6-9,12-13H2,1H3. The first kappa shape index (κ1) is 20.2. The fourth-order valence-electron chi connectivity index (χ4n) is 3.67. The van der Waals surface area contributed by atoms with Crippen molar-refractivity contribution >= 4 is 5.78 Å². The van der Waals surface area contributed by atoms with Crippen molar-refractivity contribution in [3.8, 4) is 28.7 Å². The van der Waals surface area contributed by atoms with Gasteiger partial charge in [0.25, 0.3) is 0 Å². The summed E-state index contributed by atoms with van der Waals surface area (Å²) in [4.78, 5) is 25.1. The molecule has 2 heterocycles. The Hall–Kier alpha value is -3.13. The minimum Gasteiger partial charge on any atom is -0.461 e. The SMILES string of the molecule is COCCOc1nccc(-c2c(-c3ccc(F)cc3)ncn2C2CCC(=O)CC2)n1. The highest BCUT2D eigenvalue weighted by Gasteiger charge is 2.25. The van der Waals surface area contributed by atoms with Gasteiger partial charge in [-0.1, -0.05) is 0 Å². The summed E-state index contributed by atoms with van der Waals surface area (Å²) < 4.78 is 26.1. The Morgan fingerprint density at radius 2 is 1.87 bits per heavy atom. The zero-order valence-electron chi connectivity index (χ0n) is 16.8. The largest absolute Gasteiger partial charge is 0.461 e. The van der Waals surface area contributed by atoms with Gasteiger partial charge in [-0.2, -0.15) is 4.98 Å². The zero-order chi connectivity index (χ0) is 20.9. The van der Waals surface area contributed by atoms with Gasteiger partial charge in [0.15, 0.2) is 0 Å². The molecule has 0 amide bonds. The van der Waals surface area contributed by atoms with Gasteiger partial charge < -0.3 is 14.0 Å². The van der Waals surface area contributed by atoms with E-state index in [-0.39, 0.29) is 17.9 Å². The van der Waals surface area contributed by atoms with E-state index in [4.69, 9.17) is 9.47 Å². The van der Waals surface area contributed by atoms with Crippen LogP contribution in [0.2, 0.25) is 0 Å². The number of benzene rings is 1. The number of aromatic nitrogens is 4. The molecule has 4 rings (SSSR count). The highest BCUT2D eigenvalue weighted by Crippen LogP contribution is 2.36. The van der Waals surface area contributed by atoms with Crippen molar-refractivity contribution in [3.63, 3.8) is 0 Å². The molecule has 0 radical (unpaired) electrons. The van der Waals surface area contributed by atoms with E-state index < -0.39 is 0 Å². The van der Waals surface area contributed by atoms with Crippen LogP contribution in [0.1, 0.15) is 31.7 Å². The molecule has 1 fully saturated rings. The molecule has 1 saturated carbocycles. The highest BCUT2D eigenvalue weighted by atomic mass is 19.1. The summed E-state index contributed by atoms with van der Waals surface area (Å²) in [5, 5.41) is 0. The van der Waals surface area contributed by atoms with Crippen LogP contribution in [0.3, 0.4) is 0 Å². The summed E-state index contributed by atoms with van der Waals surface area (Å²) in [7, 11) is 1.60. The van der Waals surface area contributed by atoms with Crippen LogP contribution in [0.4, 0.5) is 4.39 Å². The molecule has 156 valence electrons. The number of hydrogen-bond donors (Lipinski definition) is 0. The Bertz CT molecular complexity index is 1010. The molecule has 1 aromatic carbocycles. The second-order valence-electron chi connectivity index (χ2n) is 7.19. The number of halogens is 1. The monoisotopic (exact) mass is 410 g/mol. The summed E-state index contributed by atoms with van der Waals surface area (Å²) in [5.41, 5.74) is 2.96.